The van der Waals surface area contributed by atoms with Crippen LogP contribution in [-0.2, 0) is 13.0 Å². The highest BCUT2D eigenvalue weighted by atomic mass is 16.5. The summed E-state index contributed by atoms with van der Waals surface area (Å²) in [6, 6.07) is 14.4. The van der Waals surface area contributed by atoms with Crippen molar-refractivity contribution in [2.24, 2.45) is 0 Å². The van der Waals surface area contributed by atoms with Crippen molar-refractivity contribution in [3.63, 3.8) is 0 Å². The summed E-state index contributed by atoms with van der Waals surface area (Å²) < 4.78 is 5.81. The van der Waals surface area contributed by atoms with Crippen LogP contribution in [0.5, 0.6) is 5.75 Å². The van der Waals surface area contributed by atoms with Gasteiger partial charge in [-0.3, -0.25) is 0 Å². The van der Waals surface area contributed by atoms with Gasteiger partial charge in [0.05, 0.1) is 6.10 Å². The van der Waals surface area contributed by atoms with Gasteiger partial charge in [-0.1, -0.05) is 35.9 Å². The van der Waals surface area contributed by atoms with Crippen LogP contribution in [0.3, 0.4) is 0 Å². The standard InChI is InChI=1S/C17H18O2/c1-12-2-4-13(5-3-12)11-19-15-7-8-16-14(10-15)6-9-17(16)18/h2-5,7-8,10,17-18H,6,9,11H2,1H3/t17-/m0/s1. The highest BCUT2D eigenvalue weighted by Gasteiger charge is 2.20. The van der Waals surface area contributed by atoms with E-state index in [1.54, 1.807) is 0 Å². The molecular weight excluding hydrogens is 236 g/mol. The number of ether oxygens (including phenoxy) is 1. The van der Waals surface area contributed by atoms with E-state index in [0.717, 1.165) is 24.2 Å². The molecule has 2 nitrogen and oxygen atoms in total. The Balaban J connectivity index is 1.69. The van der Waals surface area contributed by atoms with E-state index in [1.165, 1.54) is 16.7 Å². The molecule has 19 heavy (non-hydrogen) atoms. The molecule has 3 rings (SSSR count). The summed E-state index contributed by atoms with van der Waals surface area (Å²) in [7, 11) is 0. The molecule has 0 aliphatic heterocycles. The van der Waals surface area contributed by atoms with Gasteiger partial charge in [0, 0.05) is 0 Å². The number of aryl methyl sites for hydroxylation is 2. The van der Waals surface area contributed by atoms with Gasteiger partial charge >= 0.3 is 0 Å². The summed E-state index contributed by atoms with van der Waals surface area (Å²) in [4.78, 5) is 0. The number of aliphatic hydroxyl groups is 1. The van der Waals surface area contributed by atoms with Crippen molar-refractivity contribution in [2.45, 2.75) is 32.5 Å². The van der Waals surface area contributed by atoms with Gasteiger partial charge in [0.15, 0.2) is 0 Å². The fourth-order valence-corrected chi connectivity index (χ4v) is 2.51. The first-order valence-electron chi connectivity index (χ1n) is 6.71. The minimum absolute atomic E-state index is 0.291. The molecular formula is C17H18O2. The van der Waals surface area contributed by atoms with Crippen molar-refractivity contribution in [3.8, 4) is 5.75 Å². The van der Waals surface area contributed by atoms with E-state index in [9.17, 15) is 5.11 Å². The Kier molecular flexibility index (Phi) is 3.26. The zero-order valence-corrected chi connectivity index (χ0v) is 11.1. The first-order chi connectivity index (χ1) is 9.22. The molecule has 0 spiro atoms. The van der Waals surface area contributed by atoms with E-state index in [-0.39, 0.29) is 6.10 Å². The summed E-state index contributed by atoms with van der Waals surface area (Å²) in [5.41, 5.74) is 4.71. The molecule has 1 aliphatic rings. The number of hydrogen-bond acceptors (Lipinski definition) is 2. The van der Waals surface area contributed by atoms with Crippen LogP contribution in [0.2, 0.25) is 0 Å². The maximum Gasteiger partial charge on any atom is 0.120 e. The SMILES string of the molecule is Cc1ccc(COc2ccc3c(c2)CC[C@@H]3O)cc1. The second kappa shape index (κ2) is 5.06. The topological polar surface area (TPSA) is 29.5 Å². The maximum absolute atomic E-state index is 9.77. The van der Waals surface area contributed by atoms with E-state index >= 15 is 0 Å². The third-order valence-corrected chi connectivity index (χ3v) is 3.69. The lowest BCUT2D eigenvalue weighted by Gasteiger charge is -2.09. The van der Waals surface area contributed by atoms with Gasteiger partial charge in [-0.2, -0.15) is 0 Å². The normalized spacial score (nSPS) is 17.3. The molecule has 2 heteroatoms. The van der Waals surface area contributed by atoms with Crippen molar-refractivity contribution in [1.82, 2.24) is 0 Å². The molecule has 1 aliphatic carbocycles. The van der Waals surface area contributed by atoms with Crippen LogP contribution < -0.4 is 4.74 Å². The molecule has 0 saturated carbocycles. The zero-order valence-electron chi connectivity index (χ0n) is 11.1. The van der Waals surface area contributed by atoms with Crippen molar-refractivity contribution in [3.05, 3.63) is 64.7 Å². The average molecular weight is 254 g/mol. The van der Waals surface area contributed by atoms with Crippen LogP contribution in [-0.4, -0.2) is 5.11 Å². The van der Waals surface area contributed by atoms with E-state index in [4.69, 9.17) is 4.74 Å². The Morgan fingerprint density at radius 2 is 1.95 bits per heavy atom. The number of hydrogen-bond donors (Lipinski definition) is 1. The van der Waals surface area contributed by atoms with E-state index < -0.39 is 0 Å². The van der Waals surface area contributed by atoms with Crippen LogP contribution in [0.15, 0.2) is 42.5 Å². The molecule has 2 aromatic rings. The smallest absolute Gasteiger partial charge is 0.120 e. The predicted octanol–water partition coefficient (Wildman–Crippen LogP) is 3.55. The molecule has 1 atom stereocenters. The highest BCUT2D eigenvalue weighted by molar-refractivity contribution is 5.40. The van der Waals surface area contributed by atoms with Gasteiger partial charge in [0.2, 0.25) is 0 Å². The summed E-state index contributed by atoms with van der Waals surface area (Å²) in [6.45, 7) is 2.66. The van der Waals surface area contributed by atoms with Crippen molar-refractivity contribution in [1.29, 1.82) is 0 Å². The third kappa shape index (κ3) is 2.64. The van der Waals surface area contributed by atoms with E-state index in [2.05, 4.69) is 37.3 Å². The molecule has 0 amide bonds. The van der Waals surface area contributed by atoms with Gasteiger partial charge in [-0.25, -0.2) is 0 Å². The van der Waals surface area contributed by atoms with Gasteiger partial charge in [-0.15, -0.1) is 0 Å². The quantitative estimate of drug-likeness (QED) is 0.907. The Labute approximate surface area is 113 Å². The van der Waals surface area contributed by atoms with Gasteiger partial charge in [-0.05, 0) is 48.6 Å². The average Bonchev–Trinajstić information content (AvgIpc) is 2.79. The molecule has 2 aromatic carbocycles. The minimum atomic E-state index is -0.291. The monoisotopic (exact) mass is 254 g/mol. The van der Waals surface area contributed by atoms with Crippen molar-refractivity contribution >= 4 is 0 Å². The fourth-order valence-electron chi connectivity index (χ4n) is 2.51. The second-order valence-electron chi connectivity index (χ2n) is 5.19. The van der Waals surface area contributed by atoms with Crippen molar-refractivity contribution in [2.75, 3.05) is 0 Å². The zero-order chi connectivity index (χ0) is 13.2. The van der Waals surface area contributed by atoms with Crippen LogP contribution in [0.4, 0.5) is 0 Å². The molecule has 0 fully saturated rings. The summed E-state index contributed by atoms with van der Waals surface area (Å²) in [5.74, 6) is 0.883. The summed E-state index contributed by atoms with van der Waals surface area (Å²) >= 11 is 0. The molecule has 0 aromatic heterocycles. The Hall–Kier alpha value is -1.80. The van der Waals surface area contributed by atoms with Crippen LogP contribution in [0.25, 0.3) is 0 Å². The number of rotatable bonds is 3. The molecule has 98 valence electrons. The lowest BCUT2D eigenvalue weighted by atomic mass is 10.1. The van der Waals surface area contributed by atoms with Gasteiger partial charge in [0.25, 0.3) is 0 Å². The Morgan fingerprint density at radius 1 is 1.16 bits per heavy atom. The predicted molar refractivity (Wildman–Crippen MR) is 75.2 cm³/mol. The van der Waals surface area contributed by atoms with Gasteiger partial charge in [0.1, 0.15) is 12.4 Å². The van der Waals surface area contributed by atoms with Crippen LogP contribution >= 0.6 is 0 Å². The molecule has 0 heterocycles. The van der Waals surface area contributed by atoms with E-state index in [1.807, 2.05) is 12.1 Å². The summed E-state index contributed by atoms with van der Waals surface area (Å²) in [5, 5.41) is 9.77. The molecule has 0 unspecified atom stereocenters. The van der Waals surface area contributed by atoms with Crippen LogP contribution in [0.1, 0.15) is 34.8 Å². The largest absolute Gasteiger partial charge is 0.489 e. The van der Waals surface area contributed by atoms with Gasteiger partial charge < -0.3 is 9.84 Å². The summed E-state index contributed by atoms with van der Waals surface area (Å²) in [6.07, 6.45) is 1.48. The highest BCUT2D eigenvalue weighted by Crippen LogP contribution is 2.33. The molecule has 0 bridgehead atoms. The number of fused-ring (bicyclic) bond motifs is 1. The lowest BCUT2D eigenvalue weighted by Crippen LogP contribution is -1.96. The Morgan fingerprint density at radius 3 is 2.74 bits per heavy atom. The fraction of sp³-hybridized carbons (Fsp3) is 0.294. The molecule has 0 saturated heterocycles. The minimum Gasteiger partial charge on any atom is -0.489 e. The Bertz CT molecular complexity index is 572. The first kappa shape index (κ1) is 12.2. The second-order valence-corrected chi connectivity index (χ2v) is 5.19. The number of benzene rings is 2. The maximum atomic E-state index is 9.77. The lowest BCUT2D eigenvalue weighted by molar-refractivity contribution is 0.180. The molecule has 0 radical (unpaired) electrons. The third-order valence-electron chi connectivity index (χ3n) is 3.69. The first-order valence-corrected chi connectivity index (χ1v) is 6.71. The molecule has 1 N–H and O–H groups in total. The number of aliphatic hydroxyl groups excluding tert-OH is 1. The van der Waals surface area contributed by atoms with Crippen molar-refractivity contribution < 1.29 is 9.84 Å². The van der Waals surface area contributed by atoms with Crippen LogP contribution in [0, 0.1) is 6.92 Å². The van der Waals surface area contributed by atoms with E-state index in [0.29, 0.717) is 6.61 Å².